The minimum atomic E-state index is -0.929. The summed E-state index contributed by atoms with van der Waals surface area (Å²) in [5, 5.41) is 6.09. The van der Waals surface area contributed by atoms with Gasteiger partial charge in [-0.05, 0) is 38.1 Å². The van der Waals surface area contributed by atoms with Gasteiger partial charge in [-0.25, -0.2) is 18.7 Å². The van der Waals surface area contributed by atoms with Gasteiger partial charge in [0.1, 0.15) is 23.7 Å². The first-order valence-corrected chi connectivity index (χ1v) is 8.08. The number of para-hydroxylation sites is 2. The molecule has 0 fully saturated rings. The number of halogens is 2. The largest absolute Gasteiger partial charge is 0.489 e. The molecular weight excluding hydrogens is 338 g/mol. The average Bonchev–Trinajstić information content (AvgIpc) is 2.60. The van der Waals surface area contributed by atoms with Gasteiger partial charge in [0.05, 0.1) is 11.8 Å². The number of hydrogen-bond acceptors (Lipinski definition) is 5. The van der Waals surface area contributed by atoms with Crippen LogP contribution < -0.4 is 15.4 Å². The molecule has 1 heterocycles. The van der Waals surface area contributed by atoms with Crippen LogP contribution >= 0.6 is 0 Å². The second-order valence-corrected chi connectivity index (χ2v) is 5.83. The van der Waals surface area contributed by atoms with E-state index in [9.17, 15) is 8.78 Å². The van der Waals surface area contributed by atoms with Gasteiger partial charge in [0.15, 0.2) is 11.6 Å². The molecule has 0 aliphatic rings. The van der Waals surface area contributed by atoms with Crippen LogP contribution in [0.2, 0.25) is 0 Å². The van der Waals surface area contributed by atoms with Crippen molar-refractivity contribution in [1.82, 2.24) is 9.97 Å². The van der Waals surface area contributed by atoms with Crippen molar-refractivity contribution in [3.63, 3.8) is 0 Å². The van der Waals surface area contributed by atoms with Crippen molar-refractivity contribution in [2.45, 2.75) is 20.0 Å². The van der Waals surface area contributed by atoms with Gasteiger partial charge in [-0.15, -0.1) is 0 Å². The summed E-state index contributed by atoms with van der Waals surface area (Å²) in [4.78, 5) is 8.27. The van der Waals surface area contributed by atoms with Gasteiger partial charge >= 0.3 is 0 Å². The minimum Gasteiger partial charge on any atom is -0.489 e. The van der Waals surface area contributed by atoms with Crippen LogP contribution in [0.4, 0.5) is 31.8 Å². The Morgan fingerprint density at radius 3 is 2.35 bits per heavy atom. The maximum atomic E-state index is 13.3. The number of hydrogen-bond donors (Lipinski definition) is 2. The zero-order valence-electron chi connectivity index (χ0n) is 14.3. The molecule has 0 saturated carbocycles. The molecule has 0 aliphatic carbocycles. The van der Waals surface area contributed by atoms with E-state index < -0.39 is 11.6 Å². The maximum Gasteiger partial charge on any atom is 0.160 e. The molecule has 3 rings (SSSR count). The van der Waals surface area contributed by atoms with Crippen LogP contribution in [0.1, 0.15) is 13.8 Å². The topological polar surface area (TPSA) is 59.1 Å². The first-order valence-electron chi connectivity index (χ1n) is 8.08. The molecule has 0 atom stereocenters. The van der Waals surface area contributed by atoms with Gasteiger partial charge in [0.25, 0.3) is 0 Å². The van der Waals surface area contributed by atoms with E-state index in [0.717, 1.165) is 17.8 Å². The lowest BCUT2D eigenvalue weighted by atomic mass is 10.3. The normalized spacial score (nSPS) is 10.7. The predicted molar refractivity (Wildman–Crippen MR) is 97.2 cm³/mol. The highest BCUT2D eigenvalue weighted by Gasteiger charge is 2.08. The van der Waals surface area contributed by atoms with Crippen molar-refractivity contribution >= 4 is 23.0 Å². The van der Waals surface area contributed by atoms with Gasteiger partial charge in [-0.3, -0.25) is 0 Å². The van der Waals surface area contributed by atoms with E-state index in [4.69, 9.17) is 4.74 Å². The van der Waals surface area contributed by atoms with Gasteiger partial charge in [-0.2, -0.15) is 0 Å². The first kappa shape index (κ1) is 17.6. The maximum absolute atomic E-state index is 13.3. The molecule has 2 N–H and O–H groups in total. The number of ether oxygens (including phenoxy) is 1. The fourth-order valence-corrected chi connectivity index (χ4v) is 2.28. The Labute approximate surface area is 150 Å². The van der Waals surface area contributed by atoms with Crippen LogP contribution in [0, 0.1) is 11.6 Å². The summed E-state index contributed by atoms with van der Waals surface area (Å²) in [7, 11) is 0. The van der Waals surface area contributed by atoms with E-state index in [2.05, 4.69) is 20.6 Å². The highest BCUT2D eigenvalue weighted by Crippen LogP contribution is 2.28. The Balaban J connectivity index is 1.78. The van der Waals surface area contributed by atoms with E-state index in [1.54, 1.807) is 6.07 Å². The lowest BCUT2D eigenvalue weighted by Gasteiger charge is -2.15. The molecule has 134 valence electrons. The van der Waals surface area contributed by atoms with Crippen LogP contribution in [-0.4, -0.2) is 16.1 Å². The second-order valence-electron chi connectivity index (χ2n) is 5.83. The van der Waals surface area contributed by atoms with E-state index in [-0.39, 0.29) is 6.10 Å². The van der Waals surface area contributed by atoms with E-state index in [0.29, 0.717) is 23.1 Å². The first-order chi connectivity index (χ1) is 12.5. The van der Waals surface area contributed by atoms with Crippen LogP contribution in [-0.2, 0) is 0 Å². The number of nitrogens with one attached hydrogen (secondary N) is 2. The molecule has 1 aromatic heterocycles. The number of rotatable bonds is 6. The van der Waals surface area contributed by atoms with Gasteiger partial charge < -0.3 is 15.4 Å². The summed E-state index contributed by atoms with van der Waals surface area (Å²) in [6, 6.07) is 12.7. The highest BCUT2D eigenvalue weighted by molar-refractivity contribution is 5.66. The van der Waals surface area contributed by atoms with Crippen molar-refractivity contribution in [2.24, 2.45) is 0 Å². The van der Waals surface area contributed by atoms with Crippen LogP contribution in [0.15, 0.2) is 54.9 Å². The summed E-state index contributed by atoms with van der Waals surface area (Å²) in [6.07, 6.45) is 1.41. The smallest absolute Gasteiger partial charge is 0.160 e. The van der Waals surface area contributed by atoms with Gasteiger partial charge in [0.2, 0.25) is 0 Å². The van der Waals surface area contributed by atoms with Crippen molar-refractivity contribution in [1.29, 1.82) is 0 Å². The molecule has 2 aromatic carbocycles. The Hall–Kier alpha value is -3.22. The minimum absolute atomic E-state index is 0.0361. The molecule has 26 heavy (non-hydrogen) atoms. The molecule has 3 aromatic rings. The summed E-state index contributed by atoms with van der Waals surface area (Å²) in [5.41, 5.74) is 1.15. The lowest BCUT2D eigenvalue weighted by Crippen LogP contribution is -2.07. The van der Waals surface area contributed by atoms with Crippen LogP contribution in [0.3, 0.4) is 0 Å². The predicted octanol–water partition coefficient (Wildman–Crippen LogP) is 5.03. The molecule has 7 heteroatoms. The van der Waals surface area contributed by atoms with Crippen molar-refractivity contribution in [2.75, 3.05) is 10.6 Å². The number of benzene rings is 2. The van der Waals surface area contributed by atoms with Gasteiger partial charge in [-0.1, -0.05) is 12.1 Å². The Morgan fingerprint density at radius 1 is 0.885 bits per heavy atom. The fourth-order valence-electron chi connectivity index (χ4n) is 2.28. The summed E-state index contributed by atoms with van der Waals surface area (Å²) in [6.45, 7) is 3.90. The molecule has 5 nitrogen and oxygen atoms in total. The molecule has 0 radical (unpaired) electrons. The lowest BCUT2D eigenvalue weighted by molar-refractivity contribution is 0.244. The quantitative estimate of drug-likeness (QED) is 0.649. The SMILES string of the molecule is CC(C)Oc1ccccc1Nc1cc(Nc2ccc(F)c(F)c2)ncn1. The number of nitrogens with zero attached hydrogens (tertiary/aromatic N) is 2. The zero-order chi connectivity index (χ0) is 18.5. The van der Waals surface area contributed by atoms with E-state index in [1.165, 1.54) is 12.4 Å². The summed E-state index contributed by atoms with van der Waals surface area (Å²) in [5.74, 6) is -0.151. The average molecular weight is 356 g/mol. The summed E-state index contributed by atoms with van der Waals surface area (Å²) < 4.78 is 32.1. The van der Waals surface area contributed by atoms with Crippen molar-refractivity contribution < 1.29 is 13.5 Å². The second kappa shape index (κ2) is 7.77. The van der Waals surface area contributed by atoms with Crippen LogP contribution in [0.25, 0.3) is 0 Å². The Kier molecular flexibility index (Phi) is 5.26. The van der Waals surface area contributed by atoms with Gasteiger partial charge in [0, 0.05) is 17.8 Å². The molecular formula is C19H18F2N4O. The van der Waals surface area contributed by atoms with E-state index in [1.807, 2.05) is 38.1 Å². The molecule has 0 amide bonds. The van der Waals surface area contributed by atoms with Crippen molar-refractivity contribution in [3.05, 3.63) is 66.5 Å². The third kappa shape index (κ3) is 4.44. The van der Waals surface area contributed by atoms with Crippen LogP contribution in [0.5, 0.6) is 5.75 Å². The third-order valence-electron chi connectivity index (χ3n) is 3.37. The highest BCUT2D eigenvalue weighted by atomic mass is 19.2. The molecule has 0 spiro atoms. The van der Waals surface area contributed by atoms with Crippen molar-refractivity contribution in [3.8, 4) is 5.75 Å². The zero-order valence-corrected chi connectivity index (χ0v) is 14.3. The molecule has 0 bridgehead atoms. The van der Waals surface area contributed by atoms with E-state index >= 15 is 0 Å². The monoisotopic (exact) mass is 356 g/mol. The standard InChI is InChI=1S/C19H18F2N4O/c1-12(2)26-17-6-4-3-5-16(17)25-19-10-18(22-11-23-19)24-13-7-8-14(20)15(21)9-13/h3-12H,1-2H3,(H2,22,23,24,25). The summed E-state index contributed by atoms with van der Waals surface area (Å²) >= 11 is 0. The number of anilines is 4. The Morgan fingerprint density at radius 2 is 1.62 bits per heavy atom. The molecule has 0 unspecified atom stereocenters. The third-order valence-corrected chi connectivity index (χ3v) is 3.37. The Bertz CT molecular complexity index is 902. The number of aromatic nitrogens is 2. The molecule has 0 aliphatic heterocycles. The molecule has 0 saturated heterocycles. The fraction of sp³-hybridized carbons (Fsp3) is 0.158.